The molecule has 0 amide bonds. The largest absolute Gasteiger partial charge is 0.491 e. The van der Waals surface area contributed by atoms with Gasteiger partial charge in [-0.1, -0.05) is 12.1 Å². The molecule has 0 aliphatic carbocycles. The summed E-state index contributed by atoms with van der Waals surface area (Å²) >= 11 is 0. The molecule has 1 aliphatic rings. The molecule has 2 rings (SSSR count). The van der Waals surface area contributed by atoms with Crippen molar-refractivity contribution in [1.29, 1.82) is 0 Å². The average Bonchev–Trinajstić information content (AvgIpc) is 2.75. The van der Waals surface area contributed by atoms with Gasteiger partial charge in [0.2, 0.25) is 0 Å². The van der Waals surface area contributed by atoms with Crippen molar-refractivity contribution >= 4 is 0 Å². The molecule has 0 saturated carbocycles. The minimum Gasteiger partial charge on any atom is -0.491 e. The summed E-state index contributed by atoms with van der Waals surface area (Å²) in [6.45, 7) is 10.4. The van der Waals surface area contributed by atoms with Crippen molar-refractivity contribution in [3.05, 3.63) is 29.8 Å². The summed E-state index contributed by atoms with van der Waals surface area (Å²) in [4.78, 5) is 0. The highest BCUT2D eigenvalue weighted by Crippen LogP contribution is 2.13. The minimum absolute atomic E-state index is 0.414. The Morgan fingerprint density at radius 3 is 2.03 bits per heavy atom. The van der Waals surface area contributed by atoms with Crippen LogP contribution in [0.2, 0.25) is 0 Å². The summed E-state index contributed by atoms with van der Waals surface area (Å²) in [6, 6.07) is 8.79. The Bertz CT molecular complexity index is 506. The minimum atomic E-state index is 0.414. The first kappa shape index (κ1) is 25.0. The lowest BCUT2D eigenvalue weighted by Gasteiger charge is -2.21. The molecule has 0 unspecified atom stereocenters. The van der Waals surface area contributed by atoms with E-state index in [0.29, 0.717) is 45.7 Å². The highest BCUT2D eigenvalue weighted by atomic mass is 16.6. The lowest BCUT2D eigenvalue weighted by atomic mass is 10.1. The molecule has 0 spiro atoms. The molecule has 30 heavy (non-hydrogen) atoms. The van der Waals surface area contributed by atoms with Gasteiger partial charge in [-0.05, 0) is 24.1 Å². The van der Waals surface area contributed by atoms with E-state index in [1.54, 1.807) is 7.11 Å². The van der Waals surface area contributed by atoms with Gasteiger partial charge in [0.25, 0.3) is 0 Å². The van der Waals surface area contributed by atoms with E-state index in [2.05, 4.69) is 33.4 Å². The molecule has 1 saturated heterocycles. The van der Waals surface area contributed by atoms with E-state index in [9.17, 15) is 0 Å². The number of hydrogen-bond acceptors (Lipinski definition) is 8. The summed E-state index contributed by atoms with van der Waals surface area (Å²) in [7, 11) is 1.66. The molecule has 0 radical (unpaired) electrons. The molecule has 1 aromatic rings. The van der Waals surface area contributed by atoms with Crippen molar-refractivity contribution in [2.24, 2.45) is 0 Å². The SMILES string of the molecule is COCCOCCOCCOc1ccc(C[C@H]2CNCCNCCNCCN2)cc1. The molecule has 0 bridgehead atoms. The van der Waals surface area contributed by atoms with Crippen molar-refractivity contribution in [2.75, 3.05) is 92.6 Å². The van der Waals surface area contributed by atoms with Crippen LogP contribution in [0.4, 0.5) is 0 Å². The fourth-order valence-electron chi connectivity index (χ4n) is 3.15. The Hall–Kier alpha value is -1.26. The third-order valence-corrected chi connectivity index (χ3v) is 4.79. The maximum absolute atomic E-state index is 5.76. The van der Waals surface area contributed by atoms with Gasteiger partial charge in [-0.15, -0.1) is 0 Å². The predicted molar refractivity (Wildman–Crippen MR) is 120 cm³/mol. The number of nitrogens with one attached hydrogen (secondary N) is 4. The molecule has 4 N–H and O–H groups in total. The van der Waals surface area contributed by atoms with Crippen molar-refractivity contribution in [2.45, 2.75) is 12.5 Å². The zero-order valence-corrected chi connectivity index (χ0v) is 18.4. The van der Waals surface area contributed by atoms with Crippen molar-refractivity contribution in [1.82, 2.24) is 21.3 Å². The molecule has 1 heterocycles. The number of methoxy groups -OCH3 is 1. The maximum Gasteiger partial charge on any atom is 0.119 e. The van der Waals surface area contributed by atoms with Crippen molar-refractivity contribution < 1.29 is 18.9 Å². The first-order valence-electron chi connectivity index (χ1n) is 11.1. The van der Waals surface area contributed by atoms with Gasteiger partial charge in [-0.2, -0.15) is 0 Å². The van der Waals surface area contributed by atoms with Crippen LogP contribution in [0.5, 0.6) is 5.75 Å². The van der Waals surface area contributed by atoms with Crippen LogP contribution in [0.15, 0.2) is 24.3 Å². The van der Waals surface area contributed by atoms with Gasteiger partial charge in [0, 0.05) is 59.0 Å². The zero-order valence-electron chi connectivity index (χ0n) is 18.4. The second kappa shape index (κ2) is 17.4. The van der Waals surface area contributed by atoms with Crippen molar-refractivity contribution in [3.63, 3.8) is 0 Å². The van der Waals surface area contributed by atoms with E-state index >= 15 is 0 Å². The third kappa shape index (κ3) is 12.4. The summed E-state index contributed by atoms with van der Waals surface area (Å²) in [5.74, 6) is 0.874. The van der Waals surface area contributed by atoms with Crippen LogP contribution in [0.25, 0.3) is 0 Å². The van der Waals surface area contributed by atoms with Crippen LogP contribution in [0, 0.1) is 0 Å². The van der Waals surface area contributed by atoms with E-state index < -0.39 is 0 Å². The number of rotatable bonds is 12. The summed E-state index contributed by atoms with van der Waals surface area (Å²) in [6.07, 6.45) is 0.993. The molecular formula is C22H40N4O4. The lowest BCUT2D eigenvalue weighted by Crippen LogP contribution is -2.46. The molecule has 1 aliphatic heterocycles. The standard InChI is InChI=1S/C22H40N4O4/c1-27-12-13-28-14-15-29-16-17-30-22-4-2-20(3-5-22)18-21-19-25-9-8-23-6-7-24-10-11-26-21/h2-5,21,23-26H,6-19H2,1H3/t21-/m0/s1. The first-order valence-corrected chi connectivity index (χ1v) is 11.1. The first-order chi connectivity index (χ1) is 14.9. The average molecular weight is 425 g/mol. The molecule has 8 heteroatoms. The number of ether oxygens (including phenoxy) is 4. The molecule has 0 aromatic heterocycles. The fraction of sp³-hybridized carbons (Fsp3) is 0.727. The van der Waals surface area contributed by atoms with E-state index in [1.807, 2.05) is 12.1 Å². The molecule has 1 fully saturated rings. The second-order valence-electron chi connectivity index (χ2n) is 7.27. The quantitative estimate of drug-likeness (QED) is 0.350. The van der Waals surface area contributed by atoms with Crippen molar-refractivity contribution in [3.8, 4) is 5.75 Å². The van der Waals surface area contributed by atoms with Crippen LogP contribution in [0.3, 0.4) is 0 Å². The zero-order chi connectivity index (χ0) is 21.1. The summed E-state index contributed by atoms with van der Waals surface area (Å²) in [5, 5.41) is 14.1. The fourth-order valence-corrected chi connectivity index (χ4v) is 3.15. The van der Waals surface area contributed by atoms with Gasteiger partial charge < -0.3 is 40.2 Å². The van der Waals surface area contributed by atoms with Gasteiger partial charge in [0.05, 0.1) is 33.0 Å². The molecule has 8 nitrogen and oxygen atoms in total. The lowest BCUT2D eigenvalue weighted by molar-refractivity contribution is 0.0180. The van der Waals surface area contributed by atoms with E-state index in [-0.39, 0.29) is 0 Å². The van der Waals surface area contributed by atoms with E-state index in [1.165, 1.54) is 5.56 Å². The van der Waals surface area contributed by atoms with Crippen LogP contribution in [-0.4, -0.2) is 98.6 Å². The van der Waals surface area contributed by atoms with E-state index in [4.69, 9.17) is 18.9 Å². The highest BCUT2D eigenvalue weighted by Gasteiger charge is 2.09. The predicted octanol–water partition coefficient (Wildman–Crippen LogP) is 0.0281. The topological polar surface area (TPSA) is 85.0 Å². The molecule has 1 aromatic carbocycles. The normalized spacial score (nSPS) is 19.0. The summed E-state index contributed by atoms with van der Waals surface area (Å²) in [5.41, 5.74) is 1.31. The van der Waals surface area contributed by atoms with Gasteiger partial charge >= 0.3 is 0 Å². The van der Waals surface area contributed by atoms with Crippen LogP contribution >= 0.6 is 0 Å². The van der Waals surface area contributed by atoms with Crippen LogP contribution < -0.4 is 26.0 Å². The summed E-state index contributed by atoms with van der Waals surface area (Å²) < 4.78 is 21.5. The molecular weight excluding hydrogens is 384 g/mol. The van der Waals surface area contributed by atoms with Crippen LogP contribution in [0.1, 0.15) is 5.56 Å². The molecule has 1 atom stereocenters. The monoisotopic (exact) mass is 424 g/mol. The number of hydrogen-bond donors (Lipinski definition) is 4. The maximum atomic E-state index is 5.76. The Morgan fingerprint density at radius 1 is 0.733 bits per heavy atom. The number of benzene rings is 1. The smallest absolute Gasteiger partial charge is 0.119 e. The van der Waals surface area contributed by atoms with Gasteiger partial charge in [-0.25, -0.2) is 0 Å². The third-order valence-electron chi connectivity index (χ3n) is 4.79. The highest BCUT2D eigenvalue weighted by molar-refractivity contribution is 5.27. The van der Waals surface area contributed by atoms with Gasteiger partial charge in [0.1, 0.15) is 12.4 Å². The van der Waals surface area contributed by atoms with Crippen LogP contribution in [-0.2, 0) is 20.6 Å². The van der Waals surface area contributed by atoms with Gasteiger partial charge in [0.15, 0.2) is 0 Å². The Kier molecular flexibility index (Phi) is 14.5. The Morgan fingerprint density at radius 2 is 1.33 bits per heavy atom. The molecule has 172 valence electrons. The van der Waals surface area contributed by atoms with Gasteiger partial charge in [-0.3, -0.25) is 0 Å². The second-order valence-corrected chi connectivity index (χ2v) is 7.27. The van der Waals surface area contributed by atoms with E-state index in [0.717, 1.165) is 58.0 Å². The Balaban J connectivity index is 1.61. The Labute approximate surface area is 181 Å².